The van der Waals surface area contributed by atoms with Crippen LogP contribution in [-0.2, 0) is 57.9 Å². The SMILES string of the molecule is Cc1ccc(C(=O)OCc2ccc([C@@H](CN)C(=O)Nc3ccc4cnccc4c3)cc2)c(C)c1.Cc1ccc(C(=O)OCc2ccc([C@@H](CNC(=O)OC(C)(C)C)C(=O)Nc3ccc4cnccc4c3)cc2)c(C)c1.Cc1ccc(C(=O)OCc2ccc([C@@H](CNC(=O)OC(C)(C)C)C(=O)O)cc2)c(C)c1.Nc1ccc2cnccc2c1. The van der Waals surface area contributed by atoms with Gasteiger partial charge >= 0.3 is 36.1 Å². The van der Waals surface area contributed by atoms with Crippen molar-refractivity contribution in [2.75, 3.05) is 36.0 Å². The number of amides is 4. The molecule has 0 aliphatic heterocycles. The van der Waals surface area contributed by atoms with Gasteiger partial charge in [0.05, 0.1) is 34.4 Å². The lowest BCUT2D eigenvalue weighted by Crippen LogP contribution is -2.37. The number of nitrogens with two attached hydrogens (primary N) is 2. The third-order valence-electron chi connectivity index (χ3n) is 18.4. The van der Waals surface area contributed by atoms with E-state index in [9.17, 15) is 43.5 Å². The highest BCUT2D eigenvalue weighted by molar-refractivity contribution is 6.00. The third-order valence-corrected chi connectivity index (χ3v) is 18.4. The Morgan fingerprint density at radius 1 is 0.385 bits per heavy atom. The summed E-state index contributed by atoms with van der Waals surface area (Å²) in [6.45, 7) is 22.5. The average molecular weight is 1580 g/mol. The summed E-state index contributed by atoms with van der Waals surface area (Å²) in [6.07, 6.45) is 9.27. The number of anilines is 3. The number of benzene rings is 9. The van der Waals surface area contributed by atoms with Gasteiger partial charge in [0.25, 0.3) is 0 Å². The van der Waals surface area contributed by atoms with Crippen LogP contribution in [0.2, 0.25) is 0 Å². The number of carbonyl (C=O) groups is 8. The van der Waals surface area contributed by atoms with Gasteiger partial charge in [-0.25, -0.2) is 24.0 Å². The molecule has 9 aromatic carbocycles. The van der Waals surface area contributed by atoms with Crippen molar-refractivity contribution in [1.82, 2.24) is 25.6 Å². The molecule has 23 heteroatoms. The van der Waals surface area contributed by atoms with Crippen LogP contribution in [0.1, 0.15) is 157 Å². The van der Waals surface area contributed by atoms with Gasteiger partial charge in [0.2, 0.25) is 11.8 Å². The molecule has 117 heavy (non-hydrogen) atoms. The van der Waals surface area contributed by atoms with Crippen LogP contribution >= 0.6 is 0 Å². The summed E-state index contributed by atoms with van der Waals surface area (Å²) < 4.78 is 26.9. The van der Waals surface area contributed by atoms with E-state index in [0.717, 1.165) is 93.6 Å². The topological polar surface area (TPSA) is 342 Å². The molecule has 0 aliphatic carbocycles. The molecule has 0 saturated heterocycles. The van der Waals surface area contributed by atoms with Gasteiger partial charge in [0, 0.05) is 90.0 Å². The van der Waals surface area contributed by atoms with E-state index in [0.29, 0.717) is 39.2 Å². The number of pyridine rings is 3. The van der Waals surface area contributed by atoms with E-state index < -0.39 is 59.1 Å². The lowest BCUT2D eigenvalue weighted by molar-refractivity contribution is -0.138. The van der Waals surface area contributed by atoms with E-state index in [1.54, 1.807) is 139 Å². The lowest BCUT2D eigenvalue weighted by atomic mass is 9.96. The maximum atomic E-state index is 13.5. The van der Waals surface area contributed by atoms with E-state index in [1.807, 2.05) is 181 Å². The van der Waals surface area contributed by atoms with Crippen LogP contribution in [0.15, 0.2) is 237 Å². The molecule has 3 atom stereocenters. The Hall–Kier alpha value is -13.7. The molecule has 23 nitrogen and oxygen atoms in total. The summed E-state index contributed by atoms with van der Waals surface area (Å²) in [4.78, 5) is 112. The van der Waals surface area contributed by atoms with Crippen molar-refractivity contribution in [2.24, 2.45) is 5.73 Å². The number of rotatable bonds is 22. The van der Waals surface area contributed by atoms with Crippen molar-refractivity contribution < 1.29 is 67.1 Å². The molecule has 3 aromatic heterocycles. The molecule has 0 fully saturated rings. The van der Waals surface area contributed by atoms with Crippen molar-refractivity contribution >= 4 is 97.3 Å². The van der Waals surface area contributed by atoms with Gasteiger partial charge in [-0.05, 0) is 222 Å². The van der Waals surface area contributed by atoms with Gasteiger partial charge in [-0.15, -0.1) is 0 Å². The first-order valence-corrected chi connectivity index (χ1v) is 38.0. The molecule has 0 aliphatic rings. The van der Waals surface area contributed by atoms with Crippen LogP contribution in [0.25, 0.3) is 32.3 Å². The molecule has 0 radical (unpaired) electrons. The monoisotopic (exact) mass is 1580 g/mol. The fraction of sp³-hybridized carbons (Fsp3) is 0.245. The predicted octanol–water partition coefficient (Wildman–Crippen LogP) is 17.5. The minimum absolute atomic E-state index is 0.0271. The van der Waals surface area contributed by atoms with Crippen LogP contribution in [0.4, 0.5) is 26.7 Å². The number of hydrogen-bond acceptors (Lipinski definition) is 18. The molecule has 0 saturated carbocycles. The van der Waals surface area contributed by atoms with Crippen molar-refractivity contribution in [3.05, 3.63) is 321 Å². The van der Waals surface area contributed by atoms with E-state index in [4.69, 9.17) is 35.2 Å². The summed E-state index contributed by atoms with van der Waals surface area (Å²) in [5.41, 5.74) is 24.1. The zero-order chi connectivity index (χ0) is 84.5. The minimum atomic E-state index is -1.06. The molecule has 0 unspecified atom stereocenters. The van der Waals surface area contributed by atoms with E-state index in [2.05, 4.69) is 36.2 Å². The Kier molecular flexibility index (Phi) is 30.5. The molecule has 0 bridgehead atoms. The van der Waals surface area contributed by atoms with Crippen molar-refractivity contribution in [3.63, 3.8) is 0 Å². The normalized spacial score (nSPS) is 11.7. The number of hydrogen-bond donors (Lipinski definition) is 7. The molecule has 3 heterocycles. The number of carboxylic acids is 1. The lowest BCUT2D eigenvalue weighted by Gasteiger charge is -2.22. The quantitative estimate of drug-likeness (QED) is 0.0188. The number of aryl methyl sites for hydroxylation is 6. The standard InChI is InChI=1S/C33H35N3O5.C28H27N3O3.C24H29NO6.C9H8N2/c1-21-6-13-28(22(2)16-21)31(38)40-20-23-7-9-24(10-8-23)29(19-35-32(39)41-33(3,4)5)30(37)36-27-12-11-26-18-34-15-14-25(26)17-27;1-18-3-10-25(19(2)13-18)28(33)34-17-20-4-6-21(7-5-20)26(15-29)27(32)31-24-9-8-23-16-30-12-11-22(23)14-24;1-15-6-11-19(16(2)12-15)22(28)30-14-17-7-9-18(10-8-17)20(21(26)27)13-25-23(29)31-24(3,4)5;10-9-2-1-8-6-11-4-3-7(8)5-9/h6-18,29H,19-20H2,1-5H3,(H,35,39)(H,36,37);3-14,16,26H,15,17,29H2,1-2H3,(H,31,32);6-12,20H,13-14H2,1-5H3,(H,25,29)(H,26,27);1-6H,10H2/t29-;26-;20-;/m111./s1. The number of esters is 3. The molecule has 12 aromatic rings. The maximum Gasteiger partial charge on any atom is 0.407 e. The Morgan fingerprint density at radius 3 is 1.05 bits per heavy atom. The Bertz CT molecular complexity index is 5510. The van der Waals surface area contributed by atoms with Crippen molar-refractivity contribution in [3.8, 4) is 0 Å². The fourth-order valence-corrected chi connectivity index (χ4v) is 12.3. The summed E-state index contributed by atoms with van der Waals surface area (Å²) >= 11 is 0. The van der Waals surface area contributed by atoms with Gasteiger partial charge < -0.3 is 61.5 Å². The van der Waals surface area contributed by atoms with Crippen molar-refractivity contribution in [1.29, 1.82) is 0 Å². The molecule has 4 amide bonds. The first-order chi connectivity index (χ1) is 55.7. The Balaban J connectivity index is 0.000000189. The fourth-order valence-electron chi connectivity index (χ4n) is 12.3. The highest BCUT2D eigenvalue weighted by Gasteiger charge is 2.27. The highest BCUT2D eigenvalue weighted by Crippen LogP contribution is 2.27. The van der Waals surface area contributed by atoms with Gasteiger partial charge in [-0.3, -0.25) is 29.3 Å². The van der Waals surface area contributed by atoms with E-state index in [1.165, 1.54) is 0 Å². The van der Waals surface area contributed by atoms with Gasteiger partial charge in [0.1, 0.15) is 31.0 Å². The average Bonchev–Trinajstić information content (AvgIpc) is 0.841. The predicted molar refractivity (Wildman–Crippen MR) is 455 cm³/mol. The van der Waals surface area contributed by atoms with Gasteiger partial charge in [0.15, 0.2) is 0 Å². The largest absolute Gasteiger partial charge is 0.481 e. The number of aromatic nitrogens is 3. The van der Waals surface area contributed by atoms with Crippen LogP contribution in [0.5, 0.6) is 0 Å². The van der Waals surface area contributed by atoms with Gasteiger partial charge in [-0.1, -0.05) is 144 Å². The first kappa shape index (κ1) is 87.3. The van der Waals surface area contributed by atoms with Crippen LogP contribution in [0, 0.1) is 41.5 Å². The van der Waals surface area contributed by atoms with Crippen LogP contribution in [-0.4, -0.2) is 98.8 Å². The first-order valence-electron chi connectivity index (χ1n) is 38.0. The summed E-state index contributed by atoms with van der Waals surface area (Å²) in [5.74, 6) is -4.82. The molecule has 12 rings (SSSR count). The zero-order valence-corrected chi connectivity index (χ0v) is 67.7. The molecule has 0 spiro atoms. The Morgan fingerprint density at radius 2 is 0.709 bits per heavy atom. The number of nitrogens with zero attached hydrogens (tertiary/aromatic N) is 3. The number of alkyl carbamates (subject to hydrolysis) is 2. The number of nitrogen functional groups attached to an aromatic ring is 1. The van der Waals surface area contributed by atoms with E-state index >= 15 is 0 Å². The second-order valence-electron chi connectivity index (χ2n) is 30.2. The van der Waals surface area contributed by atoms with Gasteiger partial charge in [-0.2, -0.15) is 0 Å². The second-order valence-corrected chi connectivity index (χ2v) is 30.2. The second kappa shape index (κ2) is 40.9. The van der Waals surface area contributed by atoms with E-state index in [-0.39, 0.29) is 57.2 Å². The molecular weight excluding hydrogens is 1480 g/mol. The number of ether oxygens (including phenoxy) is 5. The number of carboxylic acid groups (broad SMARTS) is 1. The minimum Gasteiger partial charge on any atom is -0.481 e. The third kappa shape index (κ3) is 26.7. The smallest absolute Gasteiger partial charge is 0.407 e. The van der Waals surface area contributed by atoms with Crippen molar-refractivity contribution in [2.45, 2.75) is 132 Å². The highest BCUT2D eigenvalue weighted by atomic mass is 16.6. The van der Waals surface area contributed by atoms with Crippen LogP contribution in [0.3, 0.4) is 0 Å². The summed E-state index contributed by atoms with van der Waals surface area (Å²) in [5, 5.41) is 26.8. The molecular formula is C94H99N9O14. The summed E-state index contributed by atoms with van der Waals surface area (Å²) in [7, 11) is 0. The maximum absolute atomic E-state index is 13.5. The number of nitrogens with one attached hydrogen (secondary N) is 4. The molecule has 9 N–H and O–H groups in total. The number of aliphatic carboxylic acids is 1. The van der Waals surface area contributed by atoms with Crippen LogP contribution < -0.4 is 32.7 Å². The Labute approximate surface area is 680 Å². The number of carbonyl (C=O) groups excluding carboxylic acids is 7. The summed E-state index contributed by atoms with van der Waals surface area (Å²) in [6, 6.07) is 60.8. The number of fused-ring (bicyclic) bond motifs is 3. The molecule has 604 valence electrons. The zero-order valence-electron chi connectivity index (χ0n) is 67.7.